The van der Waals surface area contributed by atoms with E-state index in [4.69, 9.17) is 4.74 Å². The van der Waals surface area contributed by atoms with Crippen LogP contribution in [0, 0.1) is 0 Å². The third-order valence-corrected chi connectivity index (χ3v) is 3.96. The number of carboxylic acid groups (broad SMARTS) is 1. The van der Waals surface area contributed by atoms with Crippen LogP contribution in [0.4, 0.5) is 5.69 Å². The second kappa shape index (κ2) is 7.53. The van der Waals surface area contributed by atoms with E-state index >= 15 is 0 Å². The molecule has 0 heterocycles. The number of amides is 1. The zero-order valence-corrected chi connectivity index (χ0v) is 14.1. The Morgan fingerprint density at radius 2 is 1.50 bits per heavy atom. The summed E-state index contributed by atoms with van der Waals surface area (Å²) in [5, 5.41) is 12.0. The van der Waals surface area contributed by atoms with Gasteiger partial charge in [0.05, 0.1) is 12.8 Å². The molecule has 0 atom stereocenters. The summed E-state index contributed by atoms with van der Waals surface area (Å²) >= 11 is 0. The maximum Gasteiger partial charge on any atom is 0.341 e. The average Bonchev–Trinajstić information content (AvgIpc) is 2.68. The minimum atomic E-state index is -1.17. The number of anilines is 1. The van der Waals surface area contributed by atoms with E-state index < -0.39 is 5.97 Å². The summed E-state index contributed by atoms with van der Waals surface area (Å²) in [6, 6.07) is 21.6. The van der Waals surface area contributed by atoms with Gasteiger partial charge in [0.25, 0.3) is 5.91 Å². The molecule has 2 N–H and O–H groups in total. The first-order valence-electron chi connectivity index (χ1n) is 7.97. The van der Waals surface area contributed by atoms with Crippen molar-refractivity contribution in [2.45, 2.75) is 0 Å². The molecule has 0 aliphatic rings. The van der Waals surface area contributed by atoms with E-state index in [9.17, 15) is 14.7 Å². The molecule has 3 rings (SSSR count). The van der Waals surface area contributed by atoms with Crippen molar-refractivity contribution in [1.82, 2.24) is 0 Å². The Morgan fingerprint density at radius 1 is 0.846 bits per heavy atom. The number of ether oxygens (including phenoxy) is 1. The van der Waals surface area contributed by atoms with Crippen LogP contribution >= 0.6 is 0 Å². The first-order valence-corrected chi connectivity index (χ1v) is 7.97. The van der Waals surface area contributed by atoms with Gasteiger partial charge in [0.2, 0.25) is 0 Å². The summed E-state index contributed by atoms with van der Waals surface area (Å²) in [6.07, 6.45) is 0. The summed E-state index contributed by atoms with van der Waals surface area (Å²) in [6.45, 7) is 0. The van der Waals surface area contributed by atoms with Crippen molar-refractivity contribution < 1.29 is 19.4 Å². The molecule has 0 aliphatic carbocycles. The van der Waals surface area contributed by atoms with Crippen LogP contribution in [0.3, 0.4) is 0 Å². The van der Waals surface area contributed by atoms with Crippen LogP contribution in [0.15, 0.2) is 72.8 Å². The van der Waals surface area contributed by atoms with Gasteiger partial charge in [-0.25, -0.2) is 4.79 Å². The Morgan fingerprint density at radius 3 is 2.12 bits per heavy atom. The van der Waals surface area contributed by atoms with Gasteiger partial charge in [0.15, 0.2) is 0 Å². The Bertz CT molecular complexity index is 934. The van der Waals surface area contributed by atoms with Crippen LogP contribution in [0.25, 0.3) is 11.1 Å². The third kappa shape index (κ3) is 3.57. The largest absolute Gasteiger partial charge is 0.496 e. The van der Waals surface area contributed by atoms with Gasteiger partial charge in [-0.15, -0.1) is 0 Å². The number of nitrogens with one attached hydrogen (secondary N) is 1. The smallest absolute Gasteiger partial charge is 0.341 e. The SMILES string of the molecule is COc1cccc(NC(=O)c2ccc(-c3ccccc3)cc2)c1C(=O)O. The highest BCUT2D eigenvalue weighted by atomic mass is 16.5. The molecule has 0 aromatic heterocycles. The molecule has 0 saturated carbocycles. The zero-order valence-electron chi connectivity index (χ0n) is 14.1. The minimum Gasteiger partial charge on any atom is -0.496 e. The normalized spacial score (nSPS) is 10.2. The number of hydrogen-bond donors (Lipinski definition) is 2. The van der Waals surface area contributed by atoms with Crippen LogP contribution in [-0.4, -0.2) is 24.1 Å². The lowest BCUT2D eigenvalue weighted by Crippen LogP contribution is -2.15. The van der Waals surface area contributed by atoms with Crippen molar-refractivity contribution in [3.8, 4) is 16.9 Å². The molecule has 0 aliphatic heterocycles. The number of carboxylic acids is 1. The Labute approximate surface area is 150 Å². The maximum atomic E-state index is 12.5. The second-order valence-electron chi connectivity index (χ2n) is 5.59. The van der Waals surface area contributed by atoms with E-state index in [2.05, 4.69) is 5.32 Å². The van der Waals surface area contributed by atoms with Crippen molar-refractivity contribution in [1.29, 1.82) is 0 Å². The highest BCUT2D eigenvalue weighted by Gasteiger charge is 2.18. The topological polar surface area (TPSA) is 75.6 Å². The summed E-state index contributed by atoms with van der Waals surface area (Å²) in [5.41, 5.74) is 2.59. The molecule has 0 bridgehead atoms. The van der Waals surface area contributed by atoms with E-state index in [1.54, 1.807) is 18.2 Å². The van der Waals surface area contributed by atoms with Gasteiger partial charge in [-0.1, -0.05) is 48.5 Å². The third-order valence-electron chi connectivity index (χ3n) is 3.96. The van der Waals surface area contributed by atoms with E-state index in [0.29, 0.717) is 5.56 Å². The van der Waals surface area contributed by atoms with Crippen LogP contribution in [0.2, 0.25) is 0 Å². The van der Waals surface area contributed by atoms with Crippen LogP contribution in [0.1, 0.15) is 20.7 Å². The first-order chi connectivity index (χ1) is 12.6. The number of methoxy groups -OCH3 is 1. The molecule has 0 radical (unpaired) electrons. The number of benzene rings is 3. The molecule has 130 valence electrons. The number of rotatable bonds is 5. The van der Waals surface area contributed by atoms with Crippen LogP contribution in [-0.2, 0) is 0 Å². The van der Waals surface area contributed by atoms with Crippen molar-refractivity contribution in [3.05, 3.63) is 83.9 Å². The van der Waals surface area contributed by atoms with Crippen molar-refractivity contribution in [2.24, 2.45) is 0 Å². The zero-order chi connectivity index (χ0) is 18.5. The van der Waals surface area contributed by atoms with E-state index in [1.807, 2.05) is 42.5 Å². The lowest BCUT2D eigenvalue weighted by atomic mass is 10.0. The van der Waals surface area contributed by atoms with Gasteiger partial charge in [-0.3, -0.25) is 4.79 Å². The first kappa shape index (κ1) is 17.2. The quantitative estimate of drug-likeness (QED) is 0.721. The molecule has 5 nitrogen and oxygen atoms in total. The molecule has 0 saturated heterocycles. The maximum absolute atomic E-state index is 12.5. The predicted octanol–water partition coefficient (Wildman–Crippen LogP) is 4.31. The van der Waals surface area contributed by atoms with Gasteiger partial charge in [-0.2, -0.15) is 0 Å². The molecule has 3 aromatic carbocycles. The van der Waals surface area contributed by atoms with E-state index in [-0.39, 0.29) is 22.9 Å². The number of carbonyl (C=O) groups is 2. The van der Waals surface area contributed by atoms with Crippen molar-refractivity contribution >= 4 is 17.6 Å². The molecular formula is C21H17NO4. The van der Waals surface area contributed by atoms with E-state index in [0.717, 1.165) is 11.1 Å². The van der Waals surface area contributed by atoms with Gasteiger partial charge in [0, 0.05) is 5.56 Å². The standard InChI is InChI=1S/C21H17NO4/c1-26-18-9-5-8-17(19(18)21(24)25)22-20(23)16-12-10-15(11-13-16)14-6-3-2-4-7-14/h2-13H,1H3,(H,22,23)(H,24,25). The Balaban J connectivity index is 1.84. The number of carbonyl (C=O) groups excluding carboxylic acids is 1. The molecule has 26 heavy (non-hydrogen) atoms. The summed E-state index contributed by atoms with van der Waals surface area (Å²) in [4.78, 5) is 24.0. The van der Waals surface area contributed by atoms with Crippen molar-refractivity contribution in [3.63, 3.8) is 0 Å². The van der Waals surface area contributed by atoms with Crippen molar-refractivity contribution in [2.75, 3.05) is 12.4 Å². The molecule has 0 fully saturated rings. The molecular weight excluding hydrogens is 330 g/mol. The molecule has 3 aromatic rings. The highest BCUT2D eigenvalue weighted by Crippen LogP contribution is 2.27. The Kier molecular flexibility index (Phi) is 4.99. The molecule has 1 amide bonds. The monoisotopic (exact) mass is 347 g/mol. The second-order valence-corrected chi connectivity index (χ2v) is 5.59. The number of aromatic carboxylic acids is 1. The van der Waals surface area contributed by atoms with Gasteiger partial charge in [-0.05, 0) is 35.4 Å². The highest BCUT2D eigenvalue weighted by molar-refractivity contribution is 6.08. The molecule has 0 unspecified atom stereocenters. The van der Waals surface area contributed by atoms with Gasteiger partial charge in [0.1, 0.15) is 11.3 Å². The molecule has 0 spiro atoms. The fourth-order valence-electron chi connectivity index (χ4n) is 2.67. The summed E-state index contributed by atoms with van der Waals surface area (Å²) in [7, 11) is 1.38. The predicted molar refractivity (Wildman–Crippen MR) is 99.8 cm³/mol. The lowest BCUT2D eigenvalue weighted by molar-refractivity contribution is 0.0694. The average molecular weight is 347 g/mol. The van der Waals surface area contributed by atoms with Gasteiger partial charge >= 0.3 is 5.97 Å². The summed E-state index contributed by atoms with van der Waals surface area (Å²) < 4.78 is 5.07. The Hall–Kier alpha value is -3.60. The van der Waals surface area contributed by atoms with Gasteiger partial charge < -0.3 is 15.2 Å². The van der Waals surface area contributed by atoms with E-state index in [1.165, 1.54) is 19.2 Å². The number of hydrogen-bond acceptors (Lipinski definition) is 3. The van der Waals surface area contributed by atoms with Crippen LogP contribution < -0.4 is 10.1 Å². The lowest BCUT2D eigenvalue weighted by Gasteiger charge is -2.12. The fourth-order valence-corrected chi connectivity index (χ4v) is 2.67. The van der Waals surface area contributed by atoms with Crippen LogP contribution in [0.5, 0.6) is 5.75 Å². The fraction of sp³-hybridized carbons (Fsp3) is 0.0476. The summed E-state index contributed by atoms with van der Waals surface area (Å²) in [5.74, 6) is -1.37. The minimum absolute atomic E-state index is 0.0794. The molecule has 5 heteroatoms.